The smallest absolute Gasteiger partial charge is 0.154 e. The third-order valence-corrected chi connectivity index (χ3v) is 4.59. The Kier molecular flexibility index (Phi) is 5.12. The first-order chi connectivity index (χ1) is 12.0. The van der Waals surface area contributed by atoms with E-state index in [4.69, 9.17) is 9.98 Å². The molecule has 0 bridgehead atoms. The van der Waals surface area contributed by atoms with E-state index in [1.807, 2.05) is 12.4 Å². The van der Waals surface area contributed by atoms with Crippen LogP contribution in [-0.4, -0.2) is 15.7 Å². The van der Waals surface area contributed by atoms with Crippen molar-refractivity contribution in [3.8, 4) is 0 Å². The van der Waals surface area contributed by atoms with Crippen molar-refractivity contribution in [1.29, 1.82) is 0 Å². The van der Waals surface area contributed by atoms with Gasteiger partial charge < -0.3 is 0 Å². The van der Waals surface area contributed by atoms with E-state index in [0.29, 0.717) is 5.92 Å². The third kappa shape index (κ3) is 3.87. The van der Waals surface area contributed by atoms with E-state index in [1.54, 1.807) is 0 Å². The number of hydrogen-bond acceptors (Lipinski definition) is 3. The largest absolute Gasteiger partial charge is 0.260 e. The summed E-state index contributed by atoms with van der Waals surface area (Å²) in [5.74, 6) is 1.44. The molecule has 130 valence electrons. The van der Waals surface area contributed by atoms with Crippen molar-refractivity contribution in [2.75, 3.05) is 0 Å². The summed E-state index contributed by atoms with van der Waals surface area (Å²) in [5.41, 5.74) is 8.39. The van der Waals surface area contributed by atoms with Crippen molar-refractivity contribution in [3.05, 3.63) is 58.6 Å². The van der Waals surface area contributed by atoms with Crippen LogP contribution in [0.2, 0.25) is 0 Å². The number of aliphatic imine (C=N–C) groups is 1. The van der Waals surface area contributed by atoms with Gasteiger partial charge >= 0.3 is 0 Å². The fraction of sp³-hybridized carbons (Fsp3) is 0.409. The number of allylic oxidation sites excluding steroid dienone is 1. The van der Waals surface area contributed by atoms with Crippen LogP contribution in [0.3, 0.4) is 0 Å². The number of aryl methyl sites for hydroxylation is 1. The number of aromatic nitrogens is 2. The molecule has 0 N–H and O–H groups in total. The molecule has 3 heteroatoms. The molecule has 25 heavy (non-hydrogen) atoms. The highest BCUT2D eigenvalue weighted by Crippen LogP contribution is 2.34. The van der Waals surface area contributed by atoms with Gasteiger partial charge in [0.1, 0.15) is 0 Å². The fourth-order valence-electron chi connectivity index (χ4n) is 3.18. The van der Waals surface area contributed by atoms with Crippen LogP contribution in [0, 0.1) is 12.8 Å². The molecule has 2 aromatic heterocycles. The molecule has 0 saturated carbocycles. The van der Waals surface area contributed by atoms with Crippen LogP contribution in [0.1, 0.15) is 62.1 Å². The van der Waals surface area contributed by atoms with E-state index < -0.39 is 0 Å². The number of pyridine rings is 2. The van der Waals surface area contributed by atoms with Crippen molar-refractivity contribution in [2.24, 2.45) is 10.9 Å². The van der Waals surface area contributed by atoms with E-state index in [0.717, 1.165) is 36.5 Å². The fourth-order valence-corrected chi connectivity index (χ4v) is 3.18. The van der Waals surface area contributed by atoms with Crippen LogP contribution in [0.15, 0.2) is 35.6 Å². The minimum atomic E-state index is 0.571. The molecule has 1 aliphatic rings. The van der Waals surface area contributed by atoms with Gasteiger partial charge in [-0.25, -0.2) is 9.98 Å². The Labute approximate surface area is 151 Å². The Morgan fingerprint density at radius 3 is 2.72 bits per heavy atom. The minimum Gasteiger partial charge on any atom is -0.260 e. The first-order valence-corrected chi connectivity index (χ1v) is 9.17. The average Bonchev–Trinajstić information content (AvgIpc) is 2.98. The van der Waals surface area contributed by atoms with Crippen LogP contribution in [-0.2, 0) is 12.8 Å². The highest BCUT2D eigenvalue weighted by Gasteiger charge is 2.18. The summed E-state index contributed by atoms with van der Waals surface area (Å²) >= 11 is 0. The van der Waals surface area contributed by atoms with Crippen molar-refractivity contribution in [1.82, 2.24) is 9.97 Å². The van der Waals surface area contributed by atoms with Gasteiger partial charge in [0.2, 0.25) is 0 Å². The van der Waals surface area contributed by atoms with Crippen LogP contribution in [0.4, 0.5) is 5.82 Å². The Bertz CT molecular complexity index is 844. The first-order valence-electron chi connectivity index (χ1n) is 9.17. The molecule has 0 fully saturated rings. The molecular formula is C22H27N3. The molecule has 2 aromatic rings. The first kappa shape index (κ1) is 17.5. The topological polar surface area (TPSA) is 38.1 Å². The number of fused-ring (bicyclic) bond motifs is 1. The Morgan fingerprint density at radius 1 is 1.20 bits per heavy atom. The second-order valence-electron chi connectivity index (χ2n) is 7.33. The van der Waals surface area contributed by atoms with E-state index >= 15 is 0 Å². The van der Waals surface area contributed by atoms with Crippen LogP contribution in [0.5, 0.6) is 0 Å². The quantitative estimate of drug-likeness (QED) is 0.680. The Morgan fingerprint density at radius 2 is 2.00 bits per heavy atom. The molecule has 0 radical (unpaired) electrons. The highest BCUT2D eigenvalue weighted by atomic mass is 14.9. The lowest BCUT2D eigenvalue weighted by Crippen LogP contribution is -2.00. The summed E-state index contributed by atoms with van der Waals surface area (Å²) in [6.45, 7) is 10.8. The van der Waals surface area contributed by atoms with Crippen LogP contribution >= 0.6 is 0 Å². The van der Waals surface area contributed by atoms with E-state index in [-0.39, 0.29) is 0 Å². The minimum absolute atomic E-state index is 0.571. The lowest BCUT2D eigenvalue weighted by atomic mass is 9.97. The molecule has 1 aliphatic carbocycles. The number of rotatable bonds is 5. The van der Waals surface area contributed by atoms with Gasteiger partial charge in [-0.15, -0.1) is 0 Å². The van der Waals surface area contributed by atoms with Crippen LogP contribution < -0.4 is 0 Å². The molecule has 0 unspecified atom stereocenters. The Balaban J connectivity index is 2.03. The van der Waals surface area contributed by atoms with Crippen molar-refractivity contribution in [2.45, 2.75) is 53.9 Å². The molecule has 0 atom stereocenters. The molecule has 0 saturated heterocycles. The van der Waals surface area contributed by atoms with Gasteiger partial charge in [0.15, 0.2) is 5.82 Å². The van der Waals surface area contributed by atoms with E-state index in [1.165, 1.54) is 27.8 Å². The zero-order valence-electron chi connectivity index (χ0n) is 15.9. The van der Waals surface area contributed by atoms with E-state index in [9.17, 15) is 0 Å². The van der Waals surface area contributed by atoms with Crippen molar-refractivity contribution < 1.29 is 0 Å². The summed E-state index contributed by atoms with van der Waals surface area (Å²) in [6.07, 6.45) is 9.03. The van der Waals surface area contributed by atoms with Crippen molar-refractivity contribution in [3.63, 3.8) is 0 Å². The molecule has 3 rings (SSSR count). The maximum absolute atomic E-state index is 4.73. The normalized spacial score (nSPS) is 14.0. The third-order valence-electron chi connectivity index (χ3n) is 4.59. The van der Waals surface area contributed by atoms with E-state index in [2.05, 4.69) is 57.8 Å². The zero-order valence-corrected chi connectivity index (χ0v) is 15.9. The van der Waals surface area contributed by atoms with Gasteiger partial charge in [0.05, 0.1) is 5.69 Å². The molecule has 0 aliphatic heterocycles. The van der Waals surface area contributed by atoms with Gasteiger partial charge in [-0.3, -0.25) is 4.98 Å². The monoisotopic (exact) mass is 333 g/mol. The average molecular weight is 333 g/mol. The summed E-state index contributed by atoms with van der Waals surface area (Å²) in [5, 5.41) is 0. The number of hydrogen-bond donors (Lipinski definition) is 0. The summed E-state index contributed by atoms with van der Waals surface area (Å²) < 4.78 is 0. The lowest BCUT2D eigenvalue weighted by molar-refractivity contribution is 0.646. The molecular weight excluding hydrogens is 306 g/mol. The molecule has 0 aromatic carbocycles. The predicted molar refractivity (Wildman–Crippen MR) is 106 cm³/mol. The summed E-state index contributed by atoms with van der Waals surface area (Å²) in [7, 11) is 0. The summed E-state index contributed by atoms with van der Waals surface area (Å²) in [4.78, 5) is 14.0. The maximum atomic E-state index is 4.73. The van der Waals surface area contributed by atoms with Crippen LogP contribution in [0.25, 0.3) is 5.57 Å². The Hall–Kier alpha value is -2.29. The van der Waals surface area contributed by atoms with Gasteiger partial charge in [0.25, 0.3) is 0 Å². The second kappa shape index (κ2) is 7.30. The van der Waals surface area contributed by atoms with Gasteiger partial charge in [-0.1, -0.05) is 26.8 Å². The molecule has 2 heterocycles. The SMILES string of the molecule is CC/C(C)=N\c1ncc(C2=CCc3ncc(C)cc32)cc1CC(C)C. The maximum Gasteiger partial charge on any atom is 0.154 e. The molecule has 3 nitrogen and oxygen atoms in total. The van der Waals surface area contributed by atoms with Gasteiger partial charge in [0, 0.05) is 35.7 Å². The van der Waals surface area contributed by atoms with Gasteiger partial charge in [-0.05, 0) is 61.4 Å². The number of nitrogens with zero attached hydrogens (tertiary/aromatic N) is 3. The summed E-state index contributed by atoms with van der Waals surface area (Å²) in [6, 6.07) is 4.51. The van der Waals surface area contributed by atoms with Crippen molar-refractivity contribution >= 4 is 17.1 Å². The zero-order chi connectivity index (χ0) is 18.0. The van der Waals surface area contributed by atoms with Gasteiger partial charge in [-0.2, -0.15) is 0 Å². The highest BCUT2D eigenvalue weighted by molar-refractivity contribution is 5.86. The predicted octanol–water partition coefficient (Wildman–Crippen LogP) is 5.47. The lowest BCUT2D eigenvalue weighted by Gasteiger charge is -2.12. The second-order valence-corrected chi connectivity index (χ2v) is 7.33. The molecule has 0 spiro atoms. The molecule has 0 amide bonds. The standard InChI is InChI=1S/C22H27N3/c1-6-16(5)25-22-17(9-14(2)3)11-18(13-24-22)19-7-8-21-20(19)10-15(4)12-23-21/h7,10-14H,6,8-9H2,1-5H3/b25-16-.